The third kappa shape index (κ3) is 4.04. The van der Waals surface area contributed by atoms with Gasteiger partial charge in [-0.1, -0.05) is 6.92 Å². The van der Waals surface area contributed by atoms with Crippen molar-refractivity contribution >= 4 is 0 Å². The summed E-state index contributed by atoms with van der Waals surface area (Å²) in [5.41, 5.74) is 0. The van der Waals surface area contributed by atoms with Crippen molar-refractivity contribution in [2.75, 3.05) is 13.2 Å². The number of aliphatic hydroxyl groups excluding tert-OH is 1. The van der Waals surface area contributed by atoms with Crippen molar-refractivity contribution in [1.82, 2.24) is 0 Å². The summed E-state index contributed by atoms with van der Waals surface area (Å²) in [6.45, 7) is 5.29. The number of hydrogen-bond donors (Lipinski definition) is 1. The Labute approximate surface area is 73.7 Å². The molecule has 3 unspecified atom stereocenters. The van der Waals surface area contributed by atoms with Crippen molar-refractivity contribution in [2.24, 2.45) is 0 Å². The van der Waals surface area contributed by atoms with Crippen LogP contribution in [0.1, 0.15) is 26.7 Å². The van der Waals surface area contributed by atoms with Gasteiger partial charge in [-0.05, 0) is 13.3 Å². The molecule has 0 aliphatic carbocycles. The minimum absolute atomic E-state index is 0.207. The highest BCUT2D eigenvalue weighted by Gasteiger charge is 2.25. The van der Waals surface area contributed by atoms with Crippen molar-refractivity contribution in [1.29, 1.82) is 0 Å². The molecule has 0 saturated carbocycles. The van der Waals surface area contributed by atoms with Crippen LogP contribution >= 0.6 is 0 Å². The lowest BCUT2D eigenvalue weighted by Gasteiger charge is -2.14. The maximum atomic E-state index is 9.20. The molecule has 0 amide bonds. The van der Waals surface area contributed by atoms with Crippen LogP contribution in [0.2, 0.25) is 0 Å². The minimum atomic E-state index is -0.312. The lowest BCUT2D eigenvalue weighted by Crippen LogP contribution is -2.20. The smallest absolute Gasteiger partial charge is 0.0834 e. The Balaban J connectivity index is 1.96. The van der Waals surface area contributed by atoms with E-state index in [4.69, 9.17) is 9.47 Å². The Kier molecular flexibility index (Phi) is 3.98. The average molecular weight is 174 g/mol. The number of ether oxygens (including phenoxy) is 2. The average Bonchev–Trinajstić information content (AvgIpc) is 2.84. The maximum Gasteiger partial charge on any atom is 0.0834 e. The summed E-state index contributed by atoms with van der Waals surface area (Å²) >= 11 is 0. The molecule has 0 bridgehead atoms. The predicted octanol–water partition coefficient (Wildman–Crippen LogP) is 0.951. The first kappa shape index (κ1) is 9.96. The highest BCUT2D eigenvalue weighted by Crippen LogP contribution is 2.17. The summed E-state index contributed by atoms with van der Waals surface area (Å²) in [5, 5.41) is 9.20. The van der Waals surface area contributed by atoms with Gasteiger partial charge in [-0.15, -0.1) is 0 Å². The van der Waals surface area contributed by atoms with Crippen molar-refractivity contribution in [3.05, 3.63) is 0 Å². The Bertz CT molecular complexity index is 123. The molecule has 1 N–H and O–H groups in total. The molecule has 3 nitrogen and oxygen atoms in total. The number of rotatable bonds is 6. The molecule has 0 aromatic carbocycles. The fraction of sp³-hybridized carbons (Fsp3) is 1.00. The fourth-order valence-electron chi connectivity index (χ4n) is 1.04. The Morgan fingerprint density at radius 2 is 2.33 bits per heavy atom. The molecule has 1 heterocycles. The number of aliphatic hydroxyl groups is 1. The van der Waals surface area contributed by atoms with E-state index < -0.39 is 0 Å². The first-order valence-electron chi connectivity index (χ1n) is 4.63. The van der Waals surface area contributed by atoms with E-state index in [1.807, 2.05) is 13.8 Å². The Morgan fingerprint density at radius 1 is 1.67 bits per heavy atom. The quantitative estimate of drug-likeness (QED) is 0.610. The zero-order chi connectivity index (χ0) is 8.97. The molecule has 3 heteroatoms. The zero-order valence-corrected chi connectivity index (χ0v) is 7.82. The second-order valence-electron chi connectivity index (χ2n) is 3.40. The van der Waals surface area contributed by atoms with Gasteiger partial charge in [0, 0.05) is 6.42 Å². The van der Waals surface area contributed by atoms with E-state index in [0.717, 1.165) is 19.4 Å². The summed E-state index contributed by atoms with van der Waals surface area (Å²) < 4.78 is 10.5. The Hall–Kier alpha value is -0.120. The van der Waals surface area contributed by atoms with Gasteiger partial charge in [0.05, 0.1) is 31.5 Å². The lowest BCUT2D eigenvalue weighted by atomic mass is 10.2. The van der Waals surface area contributed by atoms with Gasteiger partial charge in [0.15, 0.2) is 0 Å². The van der Waals surface area contributed by atoms with Gasteiger partial charge in [-0.25, -0.2) is 0 Å². The molecule has 1 aliphatic heterocycles. The van der Waals surface area contributed by atoms with Crippen molar-refractivity contribution in [3.8, 4) is 0 Å². The van der Waals surface area contributed by atoms with E-state index in [0.29, 0.717) is 12.7 Å². The van der Waals surface area contributed by atoms with Crippen molar-refractivity contribution < 1.29 is 14.6 Å². The molecule has 72 valence electrons. The Morgan fingerprint density at radius 3 is 2.83 bits per heavy atom. The highest BCUT2D eigenvalue weighted by molar-refractivity contribution is 4.72. The molecule has 3 atom stereocenters. The number of hydrogen-bond acceptors (Lipinski definition) is 3. The van der Waals surface area contributed by atoms with E-state index in [1.54, 1.807) is 0 Å². The summed E-state index contributed by atoms with van der Waals surface area (Å²) in [4.78, 5) is 0. The van der Waals surface area contributed by atoms with Gasteiger partial charge < -0.3 is 14.6 Å². The van der Waals surface area contributed by atoms with Gasteiger partial charge in [0.25, 0.3) is 0 Å². The lowest BCUT2D eigenvalue weighted by molar-refractivity contribution is -0.00821. The van der Waals surface area contributed by atoms with Crippen molar-refractivity contribution in [2.45, 2.75) is 45.0 Å². The normalized spacial score (nSPS) is 26.8. The summed E-state index contributed by atoms with van der Waals surface area (Å²) in [7, 11) is 0. The molecule has 1 aliphatic rings. The third-order valence-corrected chi connectivity index (χ3v) is 2.04. The van der Waals surface area contributed by atoms with Crippen LogP contribution in [0.25, 0.3) is 0 Å². The summed E-state index contributed by atoms with van der Waals surface area (Å²) in [5.74, 6) is 0. The third-order valence-electron chi connectivity index (χ3n) is 2.04. The topological polar surface area (TPSA) is 42.0 Å². The van der Waals surface area contributed by atoms with Crippen LogP contribution < -0.4 is 0 Å². The van der Waals surface area contributed by atoms with Gasteiger partial charge in [-0.2, -0.15) is 0 Å². The second kappa shape index (κ2) is 4.80. The monoisotopic (exact) mass is 174 g/mol. The van der Waals surface area contributed by atoms with E-state index in [1.165, 1.54) is 0 Å². The van der Waals surface area contributed by atoms with Gasteiger partial charge >= 0.3 is 0 Å². The molecule has 1 fully saturated rings. The largest absolute Gasteiger partial charge is 0.391 e. The molecule has 0 aromatic heterocycles. The van der Waals surface area contributed by atoms with Gasteiger partial charge in [-0.3, -0.25) is 0 Å². The van der Waals surface area contributed by atoms with E-state index in [-0.39, 0.29) is 12.2 Å². The molecule has 0 aromatic rings. The van der Waals surface area contributed by atoms with Gasteiger partial charge in [0.2, 0.25) is 0 Å². The van der Waals surface area contributed by atoms with Gasteiger partial charge in [0.1, 0.15) is 0 Å². The standard InChI is InChI=1S/C9H18O3/c1-3-8(10)5-11-7(2)4-9-6-12-9/h7-10H,3-6H2,1-2H3. The van der Waals surface area contributed by atoms with Crippen LogP contribution in [0.3, 0.4) is 0 Å². The predicted molar refractivity (Wildman–Crippen MR) is 46.1 cm³/mol. The minimum Gasteiger partial charge on any atom is -0.391 e. The fourth-order valence-corrected chi connectivity index (χ4v) is 1.04. The first-order chi connectivity index (χ1) is 5.72. The van der Waals surface area contributed by atoms with E-state index in [9.17, 15) is 5.11 Å². The molecule has 0 spiro atoms. The maximum absolute atomic E-state index is 9.20. The van der Waals surface area contributed by atoms with Crippen molar-refractivity contribution in [3.63, 3.8) is 0 Å². The van der Waals surface area contributed by atoms with E-state index >= 15 is 0 Å². The molecule has 12 heavy (non-hydrogen) atoms. The SMILES string of the molecule is CCC(O)COC(C)CC1CO1. The molecule has 0 radical (unpaired) electrons. The molecular weight excluding hydrogens is 156 g/mol. The van der Waals surface area contributed by atoms with Crippen LogP contribution in [0.4, 0.5) is 0 Å². The zero-order valence-electron chi connectivity index (χ0n) is 7.82. The first-order valence-corrected chi connectivity index (χ1v) is 4.63. The molecular formula is C9H18O3. The van der Waals surface area contributed by atoms with Crippen LogP contribution in [-0.2, 0) is 9.47 Å². The molecule has 1 rings (SSSR count). The summed E-state index contributed by atoms with van der Waals surface area (Å²) in [6, 6.07) is 0. The van der Waals surface area contributed by atoms with E-state index in [2.05, 4.69) is 0 Å². The second-order valence-corrected chi connectivity index (χ2v) is 3.40. The number of epoxide rings is 1. The van der Waals surface area contributed by atoms with Crippen LogP contribution in [0, 0.1) is 0 Å². The highest BCUT2D eigenvalue weighted by atomic mass is 16.6. The van der Waals surface area contributed by atoms with Crippen LogP contribution in [-0.4, -0.2) is 36.6 Å². The summed E-state index contributed by atoms with van der Waals surface area (Å²) in [6.07, 6.45) is 2.02. The van der Waals surface area contributed by atoms with Crippen LogP contribution in [0.5, 0.6) is 0 Å². The van der Waals surface area contributed by atoms with Crippen LogP contribution in [0.15, 0.2) is 0 Å². The molecule has 1 saturated heterocycles.